The van der Waals surface area contributed by atoms with E-state index in [0.717, 1.165) is 16.7 Å². The van der Waals surface area contributed by atoms with Crippen LogP contribution >= 0.6 is 0 Å². The molecule has 0 radical (unpaired) electrons. The highest BCUT2D eigenvalue weighted by Gasteiger charge is 2.23. The van der Waals surface area contributed by atoms with Crippen LogP contribution in [0.3, 0.4) is 0 Å². The molecule has 8 heteroatoms. The first-order valence-electron chi connectivity index (χ1n) is 7.66. The van der Waals surface area contributed by atoms with Gasteiger partial charge in [0, 0.05) is 12.4 Å². The Morgan fingerprint density at radius 1 is 1.33 bits per heavy atom. The minimum atomic E-state index is -0.763. The molecule has 24 heavy (non-hydrogen) atoms. The summed E-state index contributed by atoms with van der Waals surface area (Å²) in [5.41, 5.74) is 1.48. The first-order valence-corrected chi connectivity index (χ1v) is 7.66. The summed E-state index contributed by atoms with van der Waals surface area (Å²) in [6.07, 6.45) is 1.54. The highest BCUT2D eigenvalue weighted by atomic mass is 16.6. The number of rotatable bonds is 3. The summed E-state index contributed by atoms with van der Waals surface area (Å²) in [4.78, 5) is 28.2. The van der Waals surface area contributed by atoms with Crippen molar-refractivity contribution in [3.8, 4) is 0 Å². The lowest BCUT2D eigenvalue weighted by Crippen LogP contribution is -2.43. The molecule has 0 saturated heterocycles. The Balaban J connectivity index is 2.02. The predicted octanol–water partition coefficient (Wildman–Crippen LogP) is 2.13. The molecule has 2 rings (SSSR count). The number of amides is 2. The van der Waals surface area contributed by atoms with Gasteiger partial charge in [-0.05, 0) is 40.7 Å². The average Bonchev–Trinajstić information content (AvgIpc) is 2.71. The Bertz CT molecular complexity index is 776. The molecule has 0 spiro atoms. The zero-order valence-electron chi connectivity index (χ0n) is 14.8. The van der Waals surface area contributed by atoms with Gasteiger partial charge in [-0.2, -0.15) is 5.10 Å². The number of hydrogen-bond acceptors (Lipinski definition) is 5. The third-order valence-corrected chi connectivity index (χ3v) is 3.23. The lowest BCUT2D eigenvalue weighted by molar-refractivity contribution is -0.156. The molecule has 0 aliphatic rings. The molecule has 0 aliphatic carbocycles. The van der Waals surface area contributed by atoms with Gasteiger partial charge >= 0.3 is 12.0 Å². The van der Waals surface area contributed by atoms with E-state index >= 15 is 0 Å². The number of hydrogen-bond donors (Lipinski definition) is 2. The molecule has 0 fully saturated rings. The molecule has 1 atom stereocenters. The molecule has 0 unspecified atom stereocenters. The zero-order valence-corrected chi connectivity index (χ0v) is 14.8. The Morgan fingerprint density at radius 3 is 2.62 bits per heavy atom. The van der Waals surface area contributed by atoms with E-state index in [4.69, 9.17) is 4.74 Å². The quantitative estimate of drug-likeness (QED) is 0.839. The van der Waals surface area contributed by atoms with Crippen molar-refractivity contribution in [1.82, 2.24) is 20.1 Å². The van der Waals surface area contributed by atoms with E-state index in [1.807, 2.05) is 14.0 Å². The Morgan fingerprint density at radius 2 is 2.00 bits per heavy atom. The molecular formula is C16H23N5O3. The van der Waals surface area contributed by atoms with Gasteiger partial charge in [-0.15, -0.1) is 0 Å². The van der Waals surface area contributed by atoms with Crippen molar-refractivity contribution in [3.63, 3.8) is 0 Å². The summed E-state index contributed by atoms with van der Waals surface area (Å²) in [5.74, 6) is -0.491. The fourth-order valence-electron chi connectivity index (χ4n) is 2.19. The van der Waals surface area contributed by atoms with Gasteiger partial charge in [-0.1, -0.05) is 0 Å². The number of anilines is 1. The average molecular weight is 333 g/mol. The van der Waals surface area contributed by atoms with Crippen LogP contribution < -0.4 is 10.6 Å². The summed E-state index contributed by atoms with van der Waals surface area (Å²) in [6, 6.07) is 0.527. The molecule has 2 N–H and O–H groups in total. The number of aryl methyl sites for hydroxylation is 2. The first-order chi connectivity index (χ1) is 11.1. The second-order valence-corrected chi connectivity index (χ2v) is 6.66. The van der Waals surface area contributed by atoms with E-state index in [0.29, 0.717) is 5.69 Å². The minimum Gasteiger partial charge on any atom is -0.458 e. The van der Waals surface area contributed by atoms with Crippen molar-refractivity contribution in [2.75, 3.05) is 5.32 Å². The summed E-state index contributed by atoms with van der Waals surface area (Å²) in [6.45, 7) is 8.76. The van der Waals surface area contributed by atoms with Crippen molar-refractivity contribution in [2.45, 2.75) is 46.3 Å². The Hall–Kier alpha value is -2.64. The van der Waals surface area contributed by atoms with Gasteiger partial charge in [0.15, 0.2) is 5.65 Å². The fraction of sp³-hybridized carbons (Fsp3) is 0.500. The molecule has 0 bridgehead atoms. The number of urea groups is 1. The molecule has 2 heterocycles. The van der Waals surface area contributed by atoms with Crippen molar-refractivity contribution >= 4 is 28.7 Å². The molecular weight excluding hydrogens is 310 g/mol. The number of esters is 1. The van der Waals surface area contributed by atoms with Crippen LogP contribution in [0.25, 0.3) is 11.0 Å². The SMILES string of the molecule is Cc1nn(C)c2ncc(NC(=O)N[C@H](C)C(=O)OC(C)(C)C)cc12. The molecule has 0 aliphatic heterocycles. The maximum absolute atomic E-state index is 12.0. The van der Waals surface area contributed by atoms with Gasteiger partial charge in [0.2, 0.25) is 0 Å². The van der Waals surface area contributed by atoms with E-state index in [9.17, 15) is 9.59 Å². The van der Waals surface area contributed by atoms with Crippen molar-refractivity contribution < 1.29 is 14.3 Å². The molecule has 0 aromatic carbocycles. The number of fused-ring (bicyclic) bond motifs is 1. The van der Waals surface area contributed by atoms with Crippen molar-refractivity contribution in [3.05, 3.63) is 18.0 Å². The Kier molecular flexibility index (Phi) is 4.77. The van der Waals surface area contributed by atoms with Crippen LogP contribution in [0.4, 0.5) is 10.5 Å². The normalized spacial score (nSPS) is 12.8. The summed E-state index contributed by atoms with van der Waals surface area (Å²) < 4.78 is 6.90. The zero-order chi connectivity index (χ0) is 18.1. The smallest absolute Gasteiger partial charge is 0.328 e. The van der Waals surface area contributed by atoms with Crippen molar-refractivity contribution in [2.24, 2.45) is 7.05 Å². The van der Waals surface area contributed by atoms with E-state index < -0.39 is 23.6 Å². The standard InChI is InChI=1S/C16H23N5O3/c1-9-12-7-11(8-17-13(12)21(6)20-9)19-15(23)18-10(2)14(22)24-16(3,4)5/h7-8,10H,1-6H3,(H2,18,19,23)/t10-/m1/s1. The van der Waals surface area contributed by atoms with Crippen LogP contribution in [0.1, 0.15) is 33.4 Å². The van der Waals surface area contributed by atoms with Crippen LogP contribution in [0, 0.1) is 6.92 Å². The van der Waals surface area contributed by atoms with Gasteiger partial charge < -0.3 is 15.4 Å². The predicted molar refractivity (Wildman–Crippen MR) is 90.7 cm³/mol. The van der Waals surface area contributed by atoms with Crippen LogP contribution in [-0.2, 0) is 16.6 Å². The van der Waals surface area contributed by atoms with Gasteiger partial charge in [-0.25, -0.2) is 14.6 Å². The van der Waals surface area contributed by atoms with Crippen LogP contribution in [0.2, 0.25) is 0 Å². The van der Waals surface area contributed by atoms with E-state index in [1.165, 1.54) is 0 Å². The molecule has 0 saturated carbocycles. The lowest BCUT2D eigenvalue weighted by Gasteiger charge is -2.22. The lowest BCUT2D eigenvalue weighted by atomic mass is 10.2. The van der Waals surface area contributed by atoms with Crippen molar-refractivity contribution in [1.29, 1.82) is 0 Å². The second-order valence-electron chi connectivity index (χ2n) is 6.66. The second kappa shape index (κ2) is 6.46. The van der Waals surface area contributed by atoms with Gasteiger partial charge in [-0.3, -0.25) is 4.68 Å². The fourth-order valence-corrected chi connectivity index (χ4v) is 2.19. The van der Waals surface area contributed by atoms with Crippen LogP contribution in [0.5, 0.6) is 0 Å². The van der Waals surface area contributed by atoms with Crippen LogP contribution in [-0.4, -0.2) is 38.4 Å². The van der Waals surface area contributed by atoms with Gasteiger partial charge in [0.1, 0.15) is 11.6 Å². The minimum absolute atomic E-state index is 0.491. The molecule has 2 aromatic heterocycles. The molecule has 2 amide bonds. The van der Waals surface area contributed by atoms with E-state index in [1.54, 1.807) is 44.6 Å². The largest absolute Gasteiger partial charge is 0.458 e. The van der Waals surface area contributed by atoms with E-state index in [2.05, 4.69) is 20.7 Å². The number of pyridine rings is 1. The van der Waals surface area contributed by atoms with Gasteiger partial charge in [0.25, 0.3) is 0 Å². The first kappa shape index (κ1) is 17.7. The molecule has 130 valence electrons. The van der Waals surface area contributed by atoms with E-state index in [-0.39, 0.29) is 0 Å². The third kappa shape index (κ3) is 4.21. The number of ether oxygens (including phenoxy) is 1. The number of nitrogens with one attached hydrogen (secondary N) is 2. The maximum Gasteiger partial charge on any atom is 0.328 e. The molecule has 8 nitrogen and oxygen atoms in total. The van der Waals surface area contributed by atoms with Crippen LogP contribution in [0.15, 0.2) is 12.3 Å². The summed E-state index contributed by atoms with van der Waals surface area (Å²) >= 11 is 0. The maximum atomic E-state index is 12.0. The number of aromatic nitrogens is 3. The number of nitrogens with zero attached hydrogens (tertiary/aromatic N) is 3. The monoisotopic (exact) mass is 333 g/mol. The summed E-state index contributed by atoms with van der Waals surface area (Å²) in [7, 11) is 1.81. The molecule has 2 aromatic rings. The highest BCUT2D eigenvalue weighted by molar-refractivity contribution is 5.94. The third-order valence-electron chi connectivity index (χ3n) is 3.23. The Labute approximate surface area is 140 Å². The number of carbonyl (C=O) groups excluding carboxylic acids is 2. The van der Waals surface area contributed by atoms with Gasteiger partial charge in [0.05, 0.1) is 17.6 Å². The number of carbonyl (C=O) groups is 2. The highest BCUT2D eigenvalue weighted by Crippen LogP contribution is 2.19. The topological polar surface area (TPSA) is 98.1 Å². The summed E-state index contributed by atoms with van der Waals surface area (Å²) in [5, 5.41) is 10.3.